The molecule has 0 aliphatic heterocycles. The van der Waals surface area contributed by atoms with Crippen LogP contribution in [0.15, 0.2) is 24.3 Å². The zero-order chi connectivity index (χ0) is 63.3. The van der Waals surface area contributed by atoms with Crippen LogP contribution in [0.4, 0.5) is 0 Å². The molecule has 0 aliphatic rings. The van der Waals surface area contributed by atoms with Crippen molar-refractivity contribution in [3.05, 3.63) is 24.3 Å². The lowest BCUT2D eigenvalue weighted by atomic mass is 10.0. The maximum Gasteiger partial charge on any atom is 0.306 e. The number of unbranched alkanes of at least 4 members (excludes halogenated alkanes) is 66. The van der Waals surface area contributed by atoms with Crippen LogP contribution in [0, 0.1) is 0 Å². The van der Waals surface area contributed by atoms with Gasteiger partial charge in [-0.3, -0.25) is 9.59 Å². The van der Waals surface area contributed by atoms with E-state index in [9.17, 15) is 14.7 Å². The van der Waals surface area contributed by atoms with E-state index in [1.807, 2.05) is 0 Å². The molecule has 5 nitrogen and oxygen atoms in total. The van der Waals surface area contributed by atoms with Gasteiger partial charge in [0.1, 0.15) is 6.61 Å². The van der Waals surface area contributed by atoms with Crippen molar-refractivity contribution in [3.8, 4) is 0 Å². The number of esters is 2. The molecular formula is C83H160O5. The lowest BCUT2D eigenvalue weighted by Crippen LogP contribution is -2.28. The SMILES string of the molecule is CCCCCCC/C=C\C/C=C\CCCCCCCCCCCCCCCCCCCCCCCCCCCCCC(=O)OC(CO)COC(=O)CCCCCCCCCCCCCCCCCCCCCCCCCCCCCCCCCCCCC. The topological polar surface area (TPSA) is 72.8 Å². The molecular weight excluding hydrogens is 1080 g/mol. The lowest BCUT2D eigenvalue weighted by molar-refractivity contribution is -0.161. The number of carbonyl (C=O) groups is 2. The van der Waals surface area contributed by atoms with Crippen molar-refractivity contribution >= 4 is 11.9 Å². The second-order valence-electron chi connectivity index (χ2n) is 28.2. The Morgan fingerprint density at radius 3 is 0.670 bits per heavy atom. The maximum atomic E-state index is 12.4. The zero-order valence-corrected chi connectivity index (χ0v) is 60.3. The van der Waals surface area contributed by atoms with Crippen LogP contribution in [-0.4, -0.2) is 36.4 Å². The Kier molecular flexibility index (Phi) is 78.2. The smallest absolute Gasteiger partial charge is 0.306 e. The Hall–Kier alpha value is -1.62. The van der Waals surface area contributed by atoms with Crippen molar-refractivity contribution in [2.45, 2.75) is 482 Å². The Bertz CT molecular complexity index is 1360. The molecule has 0 rings (SSSR count). The zero-order valence-electron chi connectivity index (χ0n) is 60.3. The normalized spacial score (nSPS) is 12.2. The van der Waals surface area contributed by atoms with E-state index in [0.717, 1.165) is 38.5 Å². The fourth-order valence-corrected chi connectivity index (χ4v) is 13.1. The van der Waals surface area contributed by atoms with Crippen LogP contribution < -0.4 is 0 Å². The Labute approximate surface area is 553 Å². The first-order valence-corrected chi connectivity index (χ1v) is 40.9. The second kappa shape index (κ2) is 79.6. The van der Waals surface area contributed by atoms with Gasteiger partial charge in [0.25, 0.3) is 0 Å². The molecule has 522 valence electrons. The highest BCUT2D eigenvalue weighted by Crippen LogP contribution is 2.21. The summed E-state index contributed by atoms with van der Waals surface area (Å²) in [5.74, 6) is -0.558. The molecule has 0 fully saturated rings. The van der Waals surface area contributed by atoms with E-state index in [2.05, 4.69) is 38.2 Å². The van der Waals surface area contributed by atoms with Crippen LogP contribution in [0.3, 0.4) is 0 Å². The van der Waals surface area contributed by atoms with Gasteiger partial charge in [0.05, 0.1) is 6.61 Å². The number of carbonyl (C=O) groups excluding carboxylic acids is 2. The predicted molar refractivity (Wildman–Crippen MR) is 390 cm³/mol. The van der Waals surface area contributed by atoms with E-state index in [-0.39, 0.29) is 25.2 Å². The summed E-state index contributed by atoms with van der Waals surface area (Å²) in [4.78, 5) is 24.7. The third-order valence-electron chi connectivity index (χ3n) is 19.2. The summed E-state index contributed by atoms with van der Waals surface area (Å²) >= 11 is 0. The minimum absolute atomic E-state index is 0.0566. The molecule has 88 heavy (non-hydrogen) atoms. The molecule has 0 saturated heterocycles. The highest BCUT2D eigenvalue weighted by atomic mass is 16.6. The Morgan fingerprint density at radius 1 is 0.261 bits per heavy atom. The number of allylic oxidation sites excluding steroid dienone is 4. The third-order valence-corrected chi connectivity index (χ3v) is 19.2. The van der Waals surface area contributed by atoms with Gasteiger partial charge in [0.2, 0.25) is 0 Å². The van der Waals surface area contributed by atoms with Gasteiger partial charge in [-0.05, 0) is 44.9 Å². The first kappa shape index (κ1) is 86.4. The summed E-state index contributed by atoms with van der Waals surface area (Å²) in [5, 5.41) is 9.73. The van der Waals surface area contributed by atoms with Crippen molar-refractivity contribution in [2.24, 2.45) is 0 Å². The van der Waals surface area contributed by atoms with Gasteiger partial charge in [-0.1, -0.05) is 443 Å². The second-order valence-corrected chi connectivity index (χ2v) is 28.2. The molecule has 0 bridgehead atoms. The molecule has 1 atom stereocenters. The average Bonchev–Trinajstić information content (AvgIpc) is 3.54. The maximum absolute atomic E-state index is 12.4. The van der Waals surface area contributed by atoms with E-state index in [4.69, 9.17) is 9.47 Å². The molecule has 0 spiro atoms. The largest absolute Gasteiger partial charge is 0.462 e. The number of rotatable bonds is 78. The van der Waals surface area contributed by atoms with Gasteiger partial charge in [-0.15, -0.1) is 0 Å². The van der Waals surface area contributed by atoms with E-state index >= 15 is 0 Å². The van der Waals surface area contributed by atoms with Gasteiger partial charge in [0.15, 0.2) is 6.10 Å². The van der Waals surface area contributed by atoms with Gasteiger partial charge >= 0.3 is 11.9 Å². The molecule has 0 heterocycles. The highest BCUT2D eigenvalue weighted by molar-refractivity contribution is 5.70. The monoisotopic (exact) mass is 1240 g/mol. The van der Waals surface area contributed by atoms with Gasteiger partial charge in [-0.2, -0.15) is 0 Å². The minimum atomic E-state index is -0.768. The summed E-state index contributed by atoms with van der Waals surface area (Å²) in [6.07, 6.45) is 106. The molecule has 0 aliphatic carbocycles. The quantitative estimate of drug-likeness (QED) is 0.0373. The van der Waals surface area contributed by atoms with Gasteiger partial charge in [0, 0.05) is 12.8 Å². The number of ether oxygens (including phenoxy) is 2. The molecule has 0 aromatic rings. The summed E-state index contributed by atoms with van der Waals surface area (Å²) in [6.45, 7) is 4.21. The van der Waals surface area contributed by atoms with Crippen LogP contribution in [0.1, 0.15) is 476 Å². The van der Waals surface area contributed by atoms with Crippen LogP contribution >= 0.6 is 0 Å². The van der Waals surface area contributed by atoms with Crippen LogP contribution in [-0.2, 0) is 19.1 Å². The highest BCUT2D eigenvalue weighted by Gasteiger charge is 2.16. The summed E-state index contributed by atoms with van der Waals surface area (Å²) in [5.41, 5.74) is 0. The third kappa shape index (κ3) is 76.8. The first-order chi connectivity index (χ1) is 43.6. The first-order valence-electron chi connectivity index (χ1n) is 40.9. The summed E-state index contributed by atoms with van der Waals surface area (Å²) < 4.78 is 10.8. The van der Waals surface area contributed by atoms with E-state index in [0.29, 0.717) is 12.8 Å². The number of hydrogen-bond donors (Lipinski definition) is 1. The molecule has 0 radical (unpaired) electrons. The fourth-order valence-electron chi connectivity index (χ4n) is 13.1. The number of hydrogen-bond acceptors (Lipinski definition) is 5. The van der Waals surface area contributed by atoms with Crippen molar-refractivity contribution in [1.29, 1.82) is 0 Å². The summed E-state index contributed by atoms with van der Waals surface area (Å²) in [7, 11) is 0. The summed E-state index contributed by atoms with van der Waals surface area (Å²) in [6, 6.07) is 0. The molecule has 0 amide bonds. The molecule has 0 aromatic heterocycles. The van der Waals surface area contributed by atoms with E-state index in [1.165, 1.54) is 411 Å². The Balaban J connectivity index is 3.34. The molecule has 1 N–H and O–H groups in total. The predicted octanol–water partition coefficient (Wildman–Crippen LogP) is 28.7. The van der Waals surface area contributed by atoms with Crippen molar-refractivity contribution in [2.75, 3.05) is 13.2 Å². The number of aliphatic hydroxyl groups excluding tert-OH is 1. The van der Waals surface area contributed by atoms with E-state index in [1.54, 1.807) is 0 Å². The van der Waals surface area contributed by atoms with Crippen molar-refractivity contribution in [1.82, 2.24) is 0 Å². The Morgan fingerprint density at radius 2 is 0.455 bits per heavy atom. The standard InChI is InChI=1S/C83H160O5/c1-3-5-7-9-11-13-15-17-19-21-23-25-27-29-31-33-35-37-39-40-41-42-44-46-48-50-52-54-56-58-60-62-64-66-68-70-72-74-76-78-83(86)88-81(79-84)80-87-82(85)77-75-73-71-69-67-65-63-61-59-57-55-53-51-49-47-45-43-38-36-34-32-30-28-26-24-22-20-18-16-14-12-10-8-6-4-2/h15,17,21,23,81,84H,3-14,16,18-20,22,24-80H2,1-2H3/b17-15-,23-21-. The average molecular weight is 1240 g/mol. The molecule has 5 heteroatoms. The molecule has 0 saturated carbocycles. The lowest BCUT2D eigenvalue weighted by Gasteiger charge is -2.15. The van der Waals surface area contributed by atoms with E-state index < -0.39 is 6.10 Å². The van der Waals surface area contributed by atoms with Gasteiger partial charge < -0.3 is 14.6 Å². The fraction of sp³-hybridized carbons (Fsp3) is 0.928. The van der Waals surface area contributed by atoms with Crippen molar-refractivity contribution < 1.29 is 24.2 Å². The van der Waals surface area contributed by atoms with Gasteiger partial charge in [-0.25, -0.2) is 0 Å². The molecule has 1 unspecified atom stereocenters. The molecule has 0 aromatic carbocycles. The van der Waals surface area contributed by atoms with Crippen molar-refractivity contribution in [3.63, 3.8) is 0 Å². The van der Waals surface area contributed by atoms with Crippen LogP contribution in [0.25, 0.3) is 0 Å². The number of aliphatic hydroxyl groups is 1. The minimum Gasteiger partial charge on any atom is -0.462 e. The van der Waals surface area contributed by atoms with Crippen LogP contribution in [0.5, 0.6) is 0 Å². The van der Waals surface area contributed by atoms with Crippen LogP contribution in [0.2, 0.25) is 0 Å².